The van der Waals surface area contributed by atoms with E-state index in [1.807, 2.05) is 0 Å². The van der Waals surface area contributed by atoms with Crippen LogP contribution in [0.3, 0.4) is 0 Å². The first-order chi connectivity index (χ1) is 5.33. The zero-order valence-corrected chi connectivity index (χ0v) is 8.85. The fourth-order valence-corrected chi connectivity index (χ4v) is 1.73. The lowest BCUT2D eigenvalue weighted by molar-refractivity contribution is -0.0975. The highest BCUT2D eigenvalue weighted by atomic mass is 16.3. The summed E-state index contributed by atoms with van der Waals surface area (Å²) in [5, 5.41) is 10.0. The molecule has 1 aliphatic carbocycles. The van der Waals surface area contributed by atoms with Gasteiger partial charge in [-0.15, -0.1) is 0 Å². The Hall–Kier alpha value is -0.0400. The van der Waals surface area contributed by atoms with Crippen LogP contribution in [0.5, 0.6) is 0 Å². The van der Waals surface area contributed by atoms with Crippen LogP contribution in [0.4, 0.5) is 0 Å². The van der Waals surface area contributed by atoms with Gasteiger partial charge in [0.2, 0.25) is 0 Å². The van der Waals surface area contributed by atoms with Gasteiger partial charge in [-0.25, -0.2) is 0 Å². The van der Waals surface area contributed by atoms with Crippen LogP contribution >= 0.6 is 0 Å². The van der Waals surface area contributed by atoms with Gasteiger partial charge < -0.3 is 5.11 Å². The summed E-state index contributed by atoms with van der Waals surface area (Å²) >= 11 is 0. The molecule has 0 aliphatic heterocycles. The molecule has 1 heteroatoms. The maximum absolute atomic E-state index is 10.0. The first-order valence-electron chi connectivity index (χ1n) is 5.06. The van der Waals surface area contributed by atoms with Crippen molar-refractivity contribution in [3.05, 3.63) is 0 Å². The van der Waals surface area contributed by atoms with Crippen molar-refractivity contribution in [1.82, 2.24) is 0 Å². The lowest BCUT2D eigenvalue weighted by Gasteiger charge is -2.45. The third kappa shape index (κ3) is 2.22. The second kappa shape index (κ2) is 3.02. The molecule has 2 atom stereocenters. The van der Waals surface area contributed by atoms with Crippen LogP contribution in [-0.4, -0.2) is 10.7 Å². The van der Waals surface area contributed by atoms with E-state index in [2.05, 4.69) is 27.7 Å². The van der Waals surface area contributed by atoms with E-state index in [4.69, 9.17) is 0 Å². The largest absolute Gasteiger partial charge is 0.390 e. The van der Waals surface area contributed by atoms with Crippen molar-refractivity contribution < 1.29 is 5.11 Å². The summed E-state index contributed by atoms with van der Waals surface area (Å²) in [6, 6.07) is 0. The van der Waals surface area contributed by atoms with Gasteiger partial charge in [-0.3, -0.25) is 0 Å². The Morgan fingerprint density at radius 2 is 2.00 bits per heavy atom. The summed E-state index contributed by atoms with van der Waals surface area (Å²) in [6.07, 6.45) is 4.34. The molecule has 0 aromatic carbocycles. The molecule has 12 heavy (non-hydrogen) atoms. The van der Waals surface area contributed by atoms with E-state index in [0.717, 1.165) is 19.3 Å². The summed E-state index contributed by atoms with van der Waals surface area (Å²) in [7, 11) is 0. The summed E-state index contributed by atoms with van der Waals surface area (Å²) < 4.78 is 0. The highest BCUT2D eigenvalue weighted by Crippen LogP contribution is 2.43. The lowest BCUT2D eigenvalue weighted by Crippen LogP contribution is -2.45. The van der Waals surface area contributed by atoms with E-state index in [1.54, 1.807) is 0 Å². The zero-order chi connectivity index (χ0) is 9.41. The first-order valence-corrected chi connectivity index (χ1v) is 5.06. The third-order valence-corrected chi connectivity index (χ3v) is 3.24. The molecule has 0 aromatic rings. The maximum atomic E-state index is 10.0. The molecule has 72 valence electrons. The number of hydrogen-bond donors (Lipinski definition) is 1. The predicted octanol–water partition coefficient (Wildman–Crippen LogP) is 2.97. The van der Waals surface area contributed by atoms with Gasteiger partial charge in [-0.1, -0.05) is 27.7 Å². The number of aliphatic hydroxyl groups is 1. The quantitative estimate of drug-likeness (QED) is 0.675. The number of hydrogen-bond acceptors (Lipinski definition) is 1. The van der Waals surface area contributed by atoms with Gasteiger partial charge in [-0.2, -0.15) is 0 Å². The Morgan fingerprint density at radius 1 is 1.42 bits per heavy atom. The second-order valence-electron chi connectivity index (χ2n) is 5.60. The average molecular weight is 170 g/mol. The van der Waals surface area contributed by atoms with Crippen molar-refractivity contribution in [2.75, 3.05) is 0 Å². The smallest absolute Gasteiger partial charge is 0.0673 e. The normalized spacial score (nSPS) is 36.2. The van der Waals surface area contributed by atoms with Crippen molar-refractivity contribution in [3.63, 3.8) is 0 Å². The highest BCUT2D eigenvalue weighted by molar-refractivity contribution is 4.94. The second-order valence-corrected chi connectivity index (χ2v) is 5.60. The topological polar surface area (TPSA) is 20.2 Å². The molecule has 1 N–H and O–H groups in total. The Labute approximate surface area is 76.2 Å². The van der Waals surface area contributed by atoms with Gasteiger partial charge in [0.15, 0.2) is 0 Å². The van der Waals surface area contributed by atoms with Gasteiger partial charge in [0.25, 0.3) is 0 Å². The molecule has 1 rings (SSSR count). The summed E-state index contributed by atoms with van der Waals surface area (Å²) in [5.74, 6) is 0.528. The molecule has 0 heterocycles. The van der Waals surface area contributed by atoms with E-state index < -0.39 is 0 Å². The van der Waals surface area contributed by atoms with Gasteiger partial charge in [0, 0.05) is 0 Å². The Balaban J connectivity index is 2.32. The molecule has 1 saturated carbocycles. The molecule has 0 amide bonds. The van der Waals surface area contributed by atoms with Crippen LogP contribution in [-0.2, 0) is 0 Å². The van der Waals surface area contributed by atoms with Crippen molar-refractivity contribution >= 4 is 0 Å². The molecule has 1 aliphatic rings. The molecule has 0 bridgehead atoms. The average Bonchev–Trinajstić information content (AvgIpc) is 1.96. The minimum atomic E-state index is -0.312. The molecule has 0 saturated heterocycles. The van der Waals surface area contributed by atoms with Gasteiger partial charge in [-0.05, 0) is 37.0 Å². The van der Waals surface area contributed by atoms with Crippen LogP contribution < -0.4 is 0 Å². The fraction of sp³-hybridized carbons (Fsp3) is 1.00. The molecular formula is C11H22O. The van der Waals surface area contributed by atoms with E-state index >= 15 is 0 Å². The summed E-state index contributed by atoms with van der Waals surface area (Å²) in [6.45, 7) is 8.87. The van der Waals surface area contributed by atoms with Crippen LogP contribution in [0, 0.1) is 11.3 Å². The van der Waals surface area contributed by atoms with Crippen molar-refractivity contribution in [1.29, 1.82) is 0 Å². The molecule has 0 spiro atoms. The zero-order valence-electron chi connectivity index (χ0n) is 8.85. The molecule has 0 radical (unpaired) electrons. The van der Waals surface area contributed by atoms with Gasteiger partial charge >= 0.3 is 0 Å². The highest BCUT2D eigenvalue weighted by Gasteiger charge is 2.41. The minimum Gasteiger partial charge on any atom is -0.390 e. The van der Waals surface area contributed by atoms with Crippen LogP contribution in [0.25, 0.3) is 0 Å². The summed E-state index contributed by atoms with van der Waals surface area (Å²) in [5.41, 5.74) is 0.0539. The minimum absolute atomic E-state index is 0.312. The monoisotopic (exact) mass is 170 g/mol. The van der Waals surface area contributed by atoms with E-state index in [-0.39, 0.29) is 5.60 Å². The third-order valence-electron chi connectivity index (χ3n) is 3.24. The Bertz CT molecular complexity index is 157. The van der Waals surface area contributed by atoms with Crippen LogP contribution in [0.2, 0.25) is 0 Å². The Kier molecular flexibility index (Phi) is 2.53. The lowest BCUT2D eigenvalue weighted by atomic mass is 9.66. The van der Waals surface area contributed by atoms with Crippen LogP contribution in [0.1, 0.15) is 53.4 Å². The molecule has 0 aromatic heterocycles. The molecule has 1 fully saturated rings. The van der Waals surface area contributed by atoms with E-state index in [1.165, 1.54) is 6.42 Å². The van der Waals surface area contributed by atoms with Gasteiger partial charge in [0.05, 0.1) is 5.60 Å². The first kappa shape index (κ1) is 10.0. The summed E-state index contributed by atoms with van der Waals surface area (Å²) in [4.78, 5) is 0. The maximum Gasteiger partial charge on any atom is 0.0673 e. The predicted molar refractivity (Wildman–Crippen MR) is 52.0 cm³/mol. The van der Waals surface area contributed by atoms with Gasteiger partial charge in [0.1, 0.15) is 0 Å². The van der Waals surface area contributed by atoms with Crippen molar-refractivity contribution in [3.8, 4) is 0 Å². The van der Waals surface area contributed by atoms with E-state index in [9.17, 15) is 5.11 Å². The fourth-order valence-electron chi connectivity index (χ4n) is 1.73. The van der Waals surface area contributed by atoms with Crippen molar-refractivity contribution in [2.45, 2.75) is 59.0 Å². The van der Waals surface area contributed by atoms with E-state index in [0.29, 0.717) is 11.3 Å². The molecule has 2 unspecified atom stereocenters. The number of rotatable bonds is 2. The molecule has 1 nitrogen and oxygen atoms in total. The SMILES string of the molecule is CC1CCC1(O)CCC(C)(C)C. The standard InChI is InChI=1S/C11H22O/c1-9-5-6-11(9,12)8-7-10(2,3)4/h9,12H,5-8H2,1-4H3. The Morgan fingerprint density at radius 3 is 2.25 bits per heavy atom. The molecular weight excluding hydrogens is 148 g/mol. The van der Waals surface area contributed by atoms with Crippen molar-refractivity contribution in [2.24, 2.45) is 11.3 Å². The van der Waals surface area contributed by atoms with Crippen LogP contribution in [0.15, 0.2) is 0 Å².